The Kier molecular flexibility index (Phi) is 16.2. The first-order chi connectivity index (χ1) is 22.9. The molecular formula is C38H59N5O6. The zero-order valence-corrected chi connectivity index (χ0v) is 31.3. The highest BCUT2D eigenvalue weighted by Gasteiger charge is 2.40. The van der Waals surface area contributed by atoms with Crippen LogP contribution in [0.2, 0.25) is 0 Å². The Balaban J connectivity index is 2.11. The number of hydrogen-bond donors (Lipinski definition) is 3. The molecule has 0 saturated carbocycles. The van der Waals surface area contributed by atoms with Crippen LogP contribution in [-0.4, -0.2) is 83.6 Å². The van der Waals surface area contributed by atoms with Crippen LogP contribution in [0.15, 0.2) is 54.3 Å². The number of ether oxygens (including phenoxy) is 1. The van der Waals surface area contributed by atoms with Crippen LogP contribution in [0.3, 0.4) is 0 Å². The quantitative estimate of drug-likeness (QED) is 0.198. The molecule has 1 aromatic carbocycles. The van der Waals surface area contributed by atoms with Crippen LogP contribution < -0.4 is 16.0 Å². The maximum atomic E-state index is 13.6. The molecule has 0 spiro atoms. The van der Waals surface area contributed by atoms with E-state index in [4.69, 9.17) is 4.74 Å². The van der Waals surface area contributed by atoms with Crippen LogP contribution in [0.25, 0.3) is 0 Å². The molecule has 0 aromatic heterocycles. The zero-order chi connectivity index (χ0) is 37.0. The highest BCUT2D eigenvalue weighted by Crippen LogP contribution is 2.28. The van der Waals surface area contributed by atoms with Gasteiger partial charge in [-0.05, 0) is 63.1 Å². The van der Waals surface area contributed by atoms with Gasteiger partial charge in [0.25, 0.3) is 11.8 Å². The van der Waals surface area contributed by atoms with Crippen molar-refractivity contribution in [3.8, 4) is 0 Å². The maximum Gasteiger partial charge on any atom is 0.257 e. The van der Waals surface area contributed by atoms with E-state index in [0.29, 0.717) is 18.6 Å². The number of nitrogens with one attached hydrogen (secondary N) is 3. The Morgan fingerprint density at radius 3 is 1.84 bits per heavy atom. The summed E-state index contributed by atoms with van der Waals surface area (Å²) in [6, 6.07) is 6.35. The van der Waals surface area contributed by atoms with Gasteiger partial charge in [0.15, 0.2) is 0 Å². The third-order valence-electron chi connectivity index (χ3n) is 8.22. The summed E-state index contributed by atoms with van der Waals surface area (Å²) >= 11 is 0. The fraction of sp³-hybridized carbons (Fsp3) is 0.605. The first kappa shape index (κ1) is 41.2. The van der Waals surface area contributed by atoms with Crippen LogP contribution in [0, 0.1) is 23.7 Å². The molecule has 1 aliphatic rings. The Hall–Kier alpha value is -3.99. The molecule has 11 nitrogen and oxygen atoms in total. The number of nitrogens with zero attached hydrogens (tertiary/aromatic N) is 2. The lowest BCUT2D eigenvalue weighted by Gasteiger charge is -2.30. The summed E-state index contributed by atoms with van der Waals surface area (Å²) < 4.78 is 5.98. The predicted octanol–water partition coefficient (Wildman–Crippen LogP) is 4.19. The van der Waals surface area contributed by atoms with Gasteiger partial charge in [-0.15, -0.1) is 0 Å². The average molecular weight is 682 g/mol. The maximum absolute atomic E-state index is 13.6. The smallest absolute Gasteiger partial charge is 0.257 e. The van der Waals surface area contributed by atoms with Gasteiger partial charge in [0.1, 0.15) is 24.4 Å². The van der Waals surface area contributed by atoms with Crippen molar-refractivity contribution in [1.82, 2.24) is 25.8 Å². The van der Waals surface area contributed by atoms with Gasteiger partial charge in [-0.2, -0.15) is 0 Å². The molecule has 0 radical (unpaired) electrons. The molecule has 0 aliphatic carbocycles. The van der Waals surface area contributed by atoms with Crippen LogP contribution >= 0.6 is 0 Å². The Morgan fingerprint density at radius 1 is 0.816 bits per heavy atom. The molecule has 1 aromatic rings. The van der Waals surface area contributed by atoms with Gasteiger partial charge in [0, 0.05) is 18.2 Å². The summed E-state index contributed by atoms with van der Waals surface area (Å²) in [6.45, 7) is 17.6. The summed E-state index contributed by atoms with van der Waals surface area (Å²) in [4.78, 5) is 69.5. The third-order valence-corrected chi connectivity index (χ3v) is 8.22. The van der Waals surface area contributed by atoms with Gasteiger partial charge in [0.05, 0.1) is 12.1 Å². The minimum Gasteiger partial charge on any atom is -0.491 e. The fourth-order valence-corrected chi connectivity index (χ4v) is 6.03. The minimum absolute atomic E-state index is 0.0322. The first-order valence-electron chi connectivity index (χ1n) is 17.4. The topological polar surface area (TPSA) is 137 Å². The number of carbonyl (C=O) groups is 5. The van der Waals surface area contributed by atoms with Crippen molar-refractivity contribution in [1.29, 1.82) is 0 Å². The lowest BCUT2D eigenvalue weighted by atomic mass is 9.98. The largest absolute Gasteiger partial charge is 0.491 e. The van der Waals surface area contributed by atoms with Crippen molar-refractivity contribution in [2.75, 3.05) is 14.1 Å². The number of benzene rings is 1. The van der Waals surface area contributed by atoms with Crippen LogP contribution in [-0.2, 0) is 35.3 Å². The Labute approximate surface area is 293 Å². The van der Waals surface area contributed by atoms with Gasteiger partial charge < -0.3 is 20.7 Å². The third kappa shape index (κ3) is 12.8. The van der Waals surface area contributed by atoms with Crippen LogP contribution in [0.4, 0.5) is 0 Å². The zero-order valence-electron chi connectivity index (χ0n) is 31.3. The average Bonchev–Trinajstić information content (AvgIpc) is 3.33. The molecule has 3 N–H and O–H groups in total. The second-order valence-electron chi connectivity index (χ2n) is 14.7. The SMILES string of the molecule is CC(C)C[C@H](NC(=O)[C@H](CC(C)C)NC(=O)[C@H](C(C)C)N(C)C)C(=O)N[C@@H](C)/C=C/C(=O)N1C(=O)C=C(OCc2ccccc2)[C@@H]1C(C)C. The van der Waals surface area contributed by atoms with Crippen molar-refractivity contribution >= 4 is 29.5 Å². The number of rotatable bonds is 18. The van der Waals surface area contributed by atoms with Gasteiger partial charge in [0.2, 0.25) is 17.7 Å². The van der Waals surface area contributed by atoms with E-state index in [9.17, 15) is 24.0 Å². The van der Waals surface area contributed by atoms with Crippen molar-refractivity contribution in [3.63, 3.8) is 0 Å². The molecular weight excluding hydrogens is 622 g/mol. The van der Waals surface area contributed by atoms with E-state index in [1.807, 2.05) is 105 Å². The number of carbonyl (C=O) groups excluding carboxylic acids is 5. The normalized spacial score (nSPS) is 17.5. The number of likely N-dealkylation sites (N-methyl/N-ethyl adjacent to an activating group) is 1. The standard InChI is InChI=1S/C38H59N5O6/c1-23(2)19-29(40-37(47)30(20-24(3)4)41-38(48)35(26(7)8)42(10)11)36(46)39-27(9)17-18-32(44)43-33(45)21-31(34(43)25(5)6)49-22-28-15-13-12-14-16-28/h12-18,21,23-27,29-30,34-35H,19-20,22H2,1-11H3,(H,39,46)(H,40,47)(H,41,48)/b18-17+/t27-,29-,30-,34-,35-/m0/s1. The minimum atomic E-state index is -0.862. The van der Waals surface area contributed by atoms with Crippen LogP contribution in [0.1, 0.15) is 80.7 Å². The number of hydrogen-bond acceptors (Lipinski definition) is 7. The molecule has 272 valence electrons. The monoisotopic (exact) mass is 681 g/mol. The fourth-order valence-electron chi connectivity index (χ4n) is 6.03. The van der Waals surface area contributed by atoms with E-state index in [1.165, 1.54) is 23.1 Å². The van der Waals surface area contributed by atoms with Gasteiger partial charge in [-0.3, -0.25) is 33.8 Å². The van der Waals surface area contributed by atoms with Crippen molar-refractivity contribution in [2.45, 2.75) is 112 Å². The summed E-state index contributed by atoms with van der Waals surface area (Å²) in [5.74, 6) is -1.47. The van der Waals surface area contributed by atoms with Crippen molar-refractivity contribution in [3.05, 3.63) is 59.9 Å². The van der Waals surface area contributed by atoms with Gasteiger partial charge in [-0.1, -0.05) is 91.8 Å². The van der Waals surface area contributed by atoms with E-state index in [0.717, 1.165) is 5.56 Å². The van der Waals surface area contributed by atoms with E-state index < -0.39 is 53.8 Å². The summed E-state index contributed by atoms with van der Waals surface area (Å²) in [6.07, 6.45) is 4.95. The van der Waals surface area contributed by atoms with E-state index in [1.54, 1.807) is 6.92 Å². The summed E-state index contributed by atoms with van der Waals surface area (Å²) in [5, 5.41) is 8.67. The molecule has 49 heavy (non-hydrogen) atoms. The molecule has 0 saturated heterocycles. The predicted molar refractivity (Wildman–Crippen MR) is 192 cm³/mol. The lowest BCUT2D eigenvalue weighted by molar-refractivity contribution is -0.140. The molecule has 2 rings (SSSR count). The molecule has 1 heterocycles. The molecule has 0 bridgehead atoms. The second kappa shape index (κ2) is 19.3. The van der Waals surface area contributed by atoms with Gasteiger partial charge >= 0.3 is 0 Å². The van der Waals surface area contributed by atoms with Crippen molar-refractivity contribution < 1.29 is 28.7 Å². The van der Waals surface area contributed by atoms with E-state index in [-0.39, 0.29) is 36.2 Å². The highest BCUT2D eigenvalue weighted by atomic mass is 16.5. The van der Waals surface area contributed by atoms with Crippen LogP contribution in [0.5, 0.6) is 0 Å². The van der Waals surface area contributed by atoms with Gasteiger partial charge in [-0.25, -0.2) is 0 Å². The molecule has 5 amide bonds. The first-order valence-corrected chi connectivity index (χ1v) is 17.4. The number of imide groups is 1. The Bertz CT molecular complexity index is 1330. The second-order valence-corrected chi connectivity index (χ2v) is 14.7. The molecule has 0 fully saturated rings. The Morgan fingerprint density at radius 2 is 1.35 bits per heavy atom. The molecule has 1 aliphatic heterocycles. The molecule has 5 atom stereocenters. The summed E-state index contributed by atoms with van der Waals surface area (Å²) in [5.41, 5.74) is 0.948. The number of amides is 5. The molecule has 0 unspecified atom stereocenters. The highest BCUT2D eigenvalue weighted by molar-refractivity contribution is 6.07. The van der Waals surface area contributed by atoms with E-state index >= 15 is 0 Å². The summed E-state index contributed by atoms with van der Waals surface area (Å²) in [7, 11) is 3.66. The lowest BCUT2D eigenvalue weighted by Crippen LogP contribution is -2.57. The molecule has 11 heteroatoms. The van der Waals surface area contributed by atoms with E-state index in [2.05, 4.69) is 16.0 Å². The van der Waals surface area contributed by atoms with Crippen molar-refractivity contribution in [2.24, 2.45) is 23.7 Å².